The van der Waals surface area contributed by atoms with Gasteiger partial charge in [-0.3, -0.25) is 9.59 Å². The zero-order valence-electron chi connectivity index (χ0n) is 14.9. The lowest BCUT2D eigenvalue weighted by Gasteiger charge is -2.22. The van der Waals surface area contributed by atoms with Crippen LogP contribution in [0.4, 0.5) is 24.5 Å². The van der Waals surface area contributed by atoms with E-state index in [0.29, 0.717) is 5.69 Å². The molecular formula is C19H18ClF3N2O2. The van der Waals surface area contributed by atoms with E-state index >= 15 is 0 Å². The third-order valence-corrected chi connectivity index (χ3v) is 4.25. The summed E-state index contributed by atoms with van der Waals surface area (Å²) in [6.07, 6.45) is -4.67. The van der Waals surface area contributed by atoms with E-state index in [1.54, 1.807) is 6.07 Å². The molecule has 2 amide bonds. The number of nitrogens with zero attached hydrogens (tertiary/aromatic N) is 1. The number of alkyl halides is 3. The summed E-state index contributed by atoms with van der Waals surface area (Å²) in [4.78, 5) is 25.3. The molecule has 0 aliphatic rings. The summed E-state index contributed by atoms with van der Waals surface area (Å²) < 4.78 is 39.2. The van der Waals surface area contributed by atoms with Crippen LogP contribution in [0.25, 0.3) is 0 Å². The number of hydrogen-bond acceptors (Lipinski definition) is 2. The van der Waals surface area contributed by atoms with E-state index in [2.05, 4.69) is 5.32 Å². The van der Waals surface area contributed by atoms with Gasteiger partial charge in [0, 0.05) is 18.3 Å². The average Bonchev–Trinajstić information content (AvgIpc) is 2.55. The fourth-order valence-corrected chi connectivity index (χ4v) is 2.71. The molecule has 2 rings (SSSR count). The Morgan fingerprint density at radius 2 is 1.78 bits per heavy atom. The van der Waals surface area contributed by atoms with Gasteiger partial charge in [-0.25, -0.2) is 0 Å². The van der Waals surface area contributed by atoms with E-state index in [1.165, 1.54) is 13.0 Å². The van der Waals surface area contributed by atoms with Crippen molar-refractivity contribution >= 4 is 34.8 Å². The van der Waals surface area contributed by atoms with Crippen molar-refractivity contribution in [3.63, 3.8) is 0 Å². The van der Waals surface area contributed by atoms with E-state index < -0.39 is 35.1 Å². The highest BCUT2D eigenvalue weighted by Gasteiger charge is 2.34. The molecule has 2 aromatic rings. The zero-order valence-corrected chi connectivity index (χ0v) is 15.7. The van der Waals surface area contributed by atoms with Gasteiger partial charge in [-0.2, -0.15) is 13.2 Å². The van der Waals surface area contributed by atoms with Crippen LogP contribution in [-0.2, 0) is 15.8 Å². The SMILES string of the molecule is CC(=O)N(CC(=O)Nc1cc(C)ccc1C)c1ccc(Cl)c(C(F)(F)F)c1. The molecule has 0 radical (unpaired) electrons. The highest BCUT2D eigenvalue weighted by Crippen LogP contribution is 2.37. The predicted octanol–water partition coefficient (Wildman–Crippen LogP) is 4.97. The van der Waals surface area contributed by atoms with Crippen LogP contribution in [0.5, 0.6) is 0 Å². The summed E-state index contributed by atoms with van der Waals surface area (Å²) in [6.45, 7) is 4.42. The zero-order chi connectivity index (χ0) is 20.4. The Morgan fingerprint density at radius 1 is 1.11 bits per heavy atom. The molecule has 27 heavy (non-hydrogen) atoms. The van der Waals surface area contributed by atoms with E-state index in [9.17, 15) is 22.8 Å². The maximum absolute atomic E-state index is 13.1. The molecule has 0 bridgehead atoms. The number of hydrogen-bond donors (Lipinski definition) is 1. The van der Waals surface area contributed by atoms with Crippen LogP contribution in [0, 0.1) is 13.8 Å². The van der Waals surface area contributed by atoms with Gasteiger partial charge in [0.15, 0.2) is 0 Å². The number of nitrogens with one attached hydrogen (secondary N) is 1. The maximum atomic E-state index is 13.1. The number of halogens is 4. The Labute approximate surface area is 159 Å². The molecule has 0 fully saturated rings. The number of amides is 2. The fraction of sp³-hybridized carbons (Fsp3) is 0.263. The van der Waals surface area contributed by atoms with Crippen LogP contribution in [0.3, 0.4) is 0 Å². The highest BCUT2D eigenvalue weighted by atomic mass is 35.5. The summed E-state index contributed by atoms with van der Waals surface area (Å²) in [6, 6.07) is 8.58. The van der Waals surface area contributed by atoms with Gasteiger partial charge in [0.2, 0.25) is 11.8 Å². The minimum absolute atomic E-state index is 0.0599. The van der Waals surface area contributed by atoms with Crippen LogP contribution >= 0.6 is 11.6 Å². The quantitative estimate of drug-likeness (QED) is 0.790. The molecule has 0 atom stereocenters. The van der Waals surface area contributed by atoms with Crippen molar-refractivity contribution < 1.29 is 22.8 Å². The molecule has 0 spiro atoms. The molecule has 0 saturated carbocycles. The Morgan fingerprint density at radius 3 is 2.37 bits per heavy atom. The lowest BCUT2D eigenvalue weighted by atomic mass is 10.1. The van der Waals surface area contributed by atoms with Crippen LogP contribution < -0.4 is 10.2 Å². The molecule has 1 N–H and O–H groups in total. The number of benzene rings is 2. The van der Waals surface area contributed by atoms with Gasteiger partial charge in [0.05, 0.1) is 10.6 Å². The smallest absolute Gasteiger partial charge is 0.324 e. The van der Waals surface area contributed by atoms with E-state index in [-0.39, 0.29) is 5.69 Å². The summed E-state index contributed by atoms with van der Waals surface area (Å²) in [5.41, 5.74) is 1.22. The minimum Gasteiger partial charge on any atom is -0.324 e. The molecule has 144 valence electrons. The number of carbonyl (C=O) groups excluding carboxylic acids is 2. The minimum atomic E-state index is -4.67. The van der Waals surface area contributed by atoms with Crippen LogP contribution in [0.2, 0.25) is 5.02 Å². The van der Waals surface area contributed by atoms with Crippen molar-refractivity contribution in [3.05, 3.63) is 58.1 Å². The molecule has 0 aliphatic carbocycles. The lowest BCUT2D eigenvalue weighted by molar-refractivity contribution is -0.137. The van der Waals surface area contributed by atoms with Crippen LogP contribution in [0.1, 0.15) is 23.6 Å². The van der Waals surface area contributed by atoms with E-state index in [4.69, 9.17) is 11.6 Å². The van der Waals surface area contributed by atoms with Crippen molar-refractivity contribution in [1.29, 1.82) is 0 Å². The predicted molar refractivity (Wildman–Crippen MR) is 99.0 cm³/mol. The molecule has 0 heterocycles. The van der Waals surface area contributed by atoms with Crippen molar-refractivity contribution in [1.82, 2.24) is 0 Å². The second-order valence-electron chi connectivity index (χ2n) is 6.13. The first-order chi connectivity index (χ1) is 12.5. The Balaban J connectivity index is 2.27. The largest absolute Gasteiger partial charge is 0.417 e. The maximum Gasteiger partial charge on any atom is 0.417 e. The normalized spacial score (nSPS) is 11.2. The number of aryl methyl sites for hydroxylation is 2. The van der Waals surface area contributed by atoms with Gasteiger partial charge < -0.3 is 10.2 Å². The molecule has 0 unspecified atom stereocenters. The van der Waals surface area contributed by atoms with Crippen LogP contribution in [-0.4, -0.2) is 18.4 Å². The molecule has 0 aliphatic heterocycles. The topological polar surface area (TPSA) is 49.4 Å². The van der Waals surface area contributed by atoms with Gasteiger partial charge >= 0.3 is 6.18 Å². The Hall–Kier alpha value is -2.54. The third kappa shape index (κ3) is 5.23. The third-order valence-electron chi connectivity index (χ3n) is 3.92. The Bertz CT molecular complexity index is 882. The van der Waals surface area contributed by atoms with Crippen molar-refractivity contribution in [2.45, 2.75) is 26.9 Å². The second kappa shape index (κ2) is 8.00. The Kier molecular flexibility index (Phi) is 6.15. The molecule has 2 aromatic carbocycles. The molecule has 8 heteroatoms. The molecule has 0 saturated heterocycles. The van der Waals surface area contributed by atoms with E-state index in [0.717, 1.165) is 28.2 Å². The summed E-state index contributed by atoms with van der Waals surface area (Å²) in [5.74, 6) is -1.09. The summed E-state index contributed by atoms with van der Waals surface area (Å²) in [7, 11) is 0. The molecular weight excluding hydrogens is 381 g/mol. The van der Waals surface area contributed by atoms with E-state index in [1.807, 2.05) is 26.0 Å². The van der Waals surface area contributed by atoms with Crippen molar-refractivity contribution in [2.75, 3.05) is 16.8 Å². The molecule has 4 nitrogen and oxygen atoms in total. The van der Waals surface area contributed by atoms with Gasteiger partial charge in [-0.15, -0.1) is 0 Å². The molecule has 0 aromatic heterocycles. The average molecular weight is 399 g/mol. The summed E-state index contributed by atoms with van der Waals surface area (Å²) >= 11 is 5.61. The highest BCUT2D eigenvalue weighted by molar-refractivity contribution is 6.31. The van der Waals surface area contributed by atoms with Gasteiger partial charge in [-0.1, -0.05) is 23.7 Å². The van der Waals surface area contributed by atoms with Gasteiger partial charge in [0.25, 0.3) is 0 Å². The monoisotopic (exact) mass is 398 g/mol. The number of carbonyl (C=O) groups is 2. The second-order valence-corrected chi connectivity index (χ2v) is 6.54. The number of anilines is 2. The van der Waals surface area contributed by atoms with Crippen molar-refractivity contribution in [2.24, 2.45) is 0 Å². The first kappa shape index (κ1) is 20.8. The fourth-order valence-electron chi connectivity index (χ4n) is 2.49. The first-order valence-electron chi connectivity index (χ1n) is 8.01. The van der Waals surface area contributed by atoms with Gasteiger partial charge in [0.1, 0.15) is 6.54 Å². The van der Waals surface area contributed by atoms with Crippen LogP contribution in [0.15, 0.2) is 36.4 Å². The first-order valence-corrected chi connectivity index (χ1v) is 8.39. The standard InChI is InChI=1S/C19H18ClF3N2O2/c1-11-4-5-12(2)17(8-11)24-18(27)10-25(13(3)26)14-6-7-16(20)15(9-14)19(21,22)23/h4-9H,10H2,1-3H3,(H,24,27). The number of rotatable bonds is 4. The van der Waals surface area contributed by atoms with Gasteiger partial charge in [-0.05, 0) is 49.2 Å². The summed E-state index contributed by atoms with van der Waals surface area (Å²) in [5, 5.41) is 2.20. The van der Waals surface area contributed by atoms with Crippen molar-refractivity contribution in [3.8, 4) is 0 Å². The lowest BCUT2D eigenvalue weighted by Crippen LogP contribution is -2.37.